The standard InChI is InChI=1S/C10H13NO4.2C9H13NO3.2ClH/c1-13-6-4-7(14-2)9(10(11)12)8(5-6)15-3;2*1-11-6-4-7(12-2)9(10)8(5-6)13-3;;/h4-5H,1-3H3,(H2,11,12);2*4-5H,10H2,1-3H3;2*1H. The molecule has 3 aromatic carbocycles. The molecule has 0 aliphatic rings. The third-order valence-electron chi connectivity index (χ3n) is 5.47. The number of hydrogen-bond donors (Lipinski definition) is 3. The van der Waals surface area contributed by atoms with E-state index in [1.54, 1.807) is 79.1 Å². The van der Waals surface area contributed by atoms with Crippen molar-refractivity contribution in [2.75, 3.05) is 75.5 Å². The summed E-state index contributed by atoms with van der Waals surface area (Å²) in [4.78, 5) is 11.2. The first kappa shape index (κ1) is 40.6. The molecule has 0 unspecified atom stereocenters. The fourth-order valence-corrected chi connectivity index (χ4v) is 3.31. The average molecular weight is 651 g/mol. The molecule has 43 heavy (non-hydrogen) atoms. The molecule has 0 aromatic heterocycles. The van der Waals surface area contributed by atoms with Crippen LogP contribution in [-0.2, 0) is 0 Å². The van der Waals surface area contributed by atoms with Crippen LogP contribution in [0.1, 0.15) is 10.4 Å². The van der Waals surface area contributed by atoms with E-state index in [2.05, 4.69) is 0 Å². The number of nitrogens with two attached hydrogens (primary N) is 3. The summed E-state index contributed by atoms with van der Waals surface area (Å²) in [6, 6.07) is 9.97. The van der Waals surface area contributed by atoms with Gasteiger partial charge in [0.05, 0.1) is 64.0 Å². The molecule has 0 radical (unpaired) electrons. The molecule has 0 aliphatic carbocycles. The summed E-state index contributed by atoms with van der Waals surface area (Å²) in [5.41, 5.74) is 17.8. The van der Waals surface area contributed by atoms with Crippen LogP contribution in [-0.4, -0.2) is 69.9 Å². The zero-order chi connectivity index (χ0) is 31.1. The van der Waals surface area contributed by atoms with Gasteiger partial charge >= 0.3 is 0 Å². The molecule has 1 amide bonds. The second-order valence-electron chi connectivity index (χ2n) is 7.66. The first-order chi connectivity index (χ1) is 19.6. The van der Waals surface area contributed by atoms with Crippen molar-refractivity contribution in [2.45, 2.75) is 0 Å². The minimum Gasteiger partial charge on any atom is -0.496 e. The van der Waals surface area contributed by atoms with Gasteiger partial charge in [-0.05, 0) is 0 Å². The maximum atomic E-state index is 11.2. The van der Waals surface area contributed by atoms with E-state index < -0.39 is 5.91 Å². The molecule has 3 rings (SSSR count). The van der Waals surface area contributed by atoms with Crippen molar-refractivity contribution in [3.63, 3.8) is 0 Å². The average Bonchev–Trinajstić information content (AvgIpc) is 3.00. The molecular weight excluding hydrogens is 609 g/mol. The maximum absolute atomic E-state index is 11.2. The number of rotatable bonds is 10. The van der Waals surface area contributed by atoms with Crippen LogP contribution < -0.4 is 59.8 Å². The lowest BCUT2D eigenvalue weighted by Gasteiger charge is -2.12. The van der Waals surface area contributed by atoms with Gasteiger partial charge in [0.1, 0.15) is 68.7 Å². The third kappa shape index (κ3) is 11.0. The molecule has 0 saturated carbocycles. The summed E-state index contributed by atoms with van der Waals surface area (Å²) in [5, 5.41) is 0. The Labute approximate surface area is 264 Å². The second kappa shape index (κ2) is 20.4. The van der Waals surface area contributed by atoms with E-state index in [1.165, 1.54) is 21.3 Å². The van der Waals surface area contributed by atoms with Gasteiger partial charge < -0.3 is 59.8 Å². The Morgan fingerprint density at radius 2 is 0.651 bits per heavy atom. The topological polar surface area (TPSA) is 178 Å². The smallest absolute Gasteiger partial charge is 0.256 e. The molecule has 0 atom stereocenters. The molecule has 0 fully saturated rings. The highest BCUT2D eigenvalue weighted by molar-refractivity contribution is 5.98. The van der Waals surface area contributed by atoms with Crippen molar-refractivity contribution in [1.29, 1.82) is 0 Å². The van der Waals surface area contributed by atoms with Crippen LogP contribution in [0.5, 0.6) is 51.7 Å². The number of halogens is 2. The van der Waals surface area contributed by atoms with Gasteiger partial charge in [0.2, 0.25) is 0 Å². The number of ether oxygens (including phenoxy) is 9. The Morgan fingerprint density at radius 1 is 0.442 bits per heavy atom. The van der Waals surface area contributed by atoms with E-state index in [1.807, 2.05) is 0 Å². The van der Waals surface area contributed by atoms with Crippen molar-refractivity contribution >= 4 is 42.1 Å². The minimum absolute atomic E-state index is 0. The van der Waals surface area contributed by atoms with Crippen molar-refractivity contribution < 1.29 is 47.4 Å². The van der Waals surface area contributed by atoms with Gasteiger partial charge in [0, 0.05) is 36.4 Å². The Kier molecular flexibility index (Phi) is 19.3. The number of amides is 1. The molecule has 242 valence electrons. The highest BCUT2D eigenvalue weighted by Crippen LogP contribution is 2.37. The summed E-state index contributed by atoms with van der Waals surface area (Å²) in [5.74, 6) is 4.11. The summed E-state index contributed by atoms with van der Waals surface area (Å²) in [6.45, 7) is 0. The van der Waals surface area contributed by atoms with Crippen LogP contribution in [0.25, 0.3) is 0 Å². The summed E-state index contributed by atoms with van der Waals surface area (Å²) < 4.78 is 45.3. The second-order valence-corrected chi connectivity index (χ2v) is 7.66. The molecule has 0 aliphatic heterocycles. The van der Waals surface area contributed by atoms with Crippen molar-refractivity contribution in [3.8, 4) is 51.7 Å². The minimum atomic E-state index is -0.605. The number of primary amides is 1. The van der Waals surface area contributed by atoms with Crippen molar-refractivity contribution in [2.24, 2.45) is 5.73 Å². The van der Waals surface area contributed by atoms with Crippen LogP contribution in [0.3, 0.4) is 0 Å². The van der Waals surface area contributed by atoms with Gasteiger partial charge in [-0.25, -0.2) is 0 Å². The molecule has 13 nitrogen and oxygen atoms in total. The summed E-state index contributed by atoms with van der Waals surface area (Å²) in [6.07, 6.45) is 0. The monoisotopic (exact) mass is 649 g/mol. The molecule has 0 spiro atoms. The van der Waals surface area contributed by atoms with E-state index in [0.717, 1.165) is 0 Å². The zero-order valence-corrected chi connectivity index (χ0v) is 27.2. The van der Waals surface area contributed by atoms with Gasteiger partial charge in [-0.2, -0.15) is 0 Å². The highest BCUT2D eigenvalue weighted by Gasteiger charge is 2.17. The van der Waals surface area contributed by atoms with E-state index in [0.29, 0.717) is 63.1 Å². The fourth-order valence-electron chi connectivity index (χ4n) is 3.31. The summed E-state index contributed by atoms with van der Waals surface area (Å²) >= 11 is 0. The number of anilines is 2. The third-order valence-corrected chi connectivity index (χ3v) is 5.47. The van der Waals surface area contributed by atoms with Crippen LogP contribution in [0.15, 0.2) is 36.4 Å². The van der Waals surface area contributed by atoms with Crippen molar-refractivity contribution in [1.82, 2.24) is 0 Å². The molecule has 0 bridgehead atoms. The van der Waals surface area contributed by atoms with Crippen LogP contribution in [0.2, 0.25) is 0 Å². The maximum Gasteiger partial charge on any atom is 0.256 e. The number of carbonyl (C=O) groups excluding carboxylic acids is 1. The van der Waals surface area contributed by atoms with E-state index in [-0.39, 0.29) is 30.4 Å². The Bertz CT molecular complexity index is 1160. The lowest BCUT2D eigenvalue weighted by molar-refractivity contribution is 0.0994. The predicted octanol–water partition coefficient (Wildman–Crippen LogP) is 4.24. The van der Waals surface area contributed by atoms with E-state index in [4.69, 9.17) is 59.8 Å². The molecule has 0 saturated heterocycles. The Morgan fingerprint density at radius 3 is 0.814 bits per heavy atom. The number of hydrogen-bond acceptors (Lipinski definition) is 12. The van der Waals surface area contributed by atoms with Crippen LogP contribution in [0, 0.1) is 0 Å². The van der Waals surface area contributed by atoms with Gasteiger partial charge in [-0.1, -0.05) is 0 Å². The molecule has 0 heterocycles. The zero-order valence-electron chi connectivity index (χ0n) is 25.6. The van der Waals surface area contributed by atoms with Gasteiger partial charge in [-0.15, -0.1) is 24.8 Å². The number of benzene rings is 3. The van der Waals surface area contributed by atoms with Gasteiger partial charge in [0.15, 0.2) is 0 Å². The van der Waals surface area contributed by atoms with Crippen LogP contribution in [0.4, 0.5) is 11.4 Å². The number of carbonyl (C=O) groups is 1. The lowest BCUT2D eigenvalue weighted by Crippen LogP contribution is -2.14. The number of nitrogen functional groups attached to an aromatic ring is 2. The van der Waals surface area contributed by atoms with Gasteiger partial charge in [0.25, 0.3) is 5.91 Å². The van der Waals surface area contributed by atoms with Crippen molar-refractivity contribution in [3.05, 3.63) is 42.0 Å². The fraction of sp³-hybridized carbons (Fsp3) is 0.321. The highest BCUT2D eigenvalue weighted by atomic mass is 35.5. The normalized spacial score (nSPS) is 9.05. The quantitative estimate of drug-likeness (QED) is 0.266. The molecular formula is C28H41Cl2N3O10. The van der Waals surface area contributed by atoms with Gasteiger partial charge in [-0.3, -0.25) is 4.79 Å². The molecule has 6 N–H and O–H groups in total. The van der Waals surface area contributed by atoms with E-state index >= 15 is 0 Å². The lowest BCUT2D eigenvalue weighted by atomic mass is 10.1. The molecule has 15 heteroatoms. The largest absolute Gasteiger partial charge is 0.496 e. The molecule has 3 aromatic rings. The summed E-state index contributed by atoms with van der Waals surface area (Å²) in [7, 11) is 13.7. The van der Waals surface area contributed by atoms with E-state index in [9.17, 15) is 4.79 Å². The van der Waals surface area contributed by atoms with Crippen LogP contribution >= 0.6 is 24.8 Å². The Hall–Kier alpha value is -4.49. The number of methoxy groups -OCH3 is 9. The SMILES string of the molecule is COc1cc(OC)c(C(N)=O)c(OC)c1.COc1cc(OC)c(N)c(OC)c1.COc1cc(OC)c(N)c(OC)c1.Cl.Cl. The predicted molar refractivity (Wildman–Crippen MR) is 170 cm³/mol. The Balaban J connectivity index is 0. The first-order valence-electron chi connectivity index (χ1n) is 11.8. The first-order valence-corrected chi connectivity index (χ1v) is 11.8.